The van der Waals surface area contributed by atoms with Gasteiger partial charge < -0.3 is 4.74 Å². The Hall–Kier alpha value is -0.970. The summed E-state index contributed by atoms with van der Waals surface area (Å²) >= 11 is 0. The number of hydrogen-bond acceptors (Lipinski definition) is 3. The molecule has 110 valence electrons. The number of halogens is 1. The van der Waals surface area contributed by atoms with Crippen molar-refractivity contribution >= 4 is 0 Å². The minimum atomic E-state index is -0.154. The second-order valence-corrected chi connectivity index (χ2v) is 6.04. The molecular formula is C16H23FN2O. The van der Waals surface area contributed by atoms with Gasteiger partial charge in [0.2, 0.25) is 0 Å². The third kappa shape index (κ3) is 2.73. The van der Waals surface area contributed by atoms with Crippen molar-refractivity contribution in [2.75, 3.05) is 39.9 Å². The fourth-order valence-electron chi connectivity index (χ4n) is 3.46. The van der Waals surface area contributed by atoms with Gasteiger partial charge in [0.1, 0.15) is 5.82 Å². The van der Waals surface area contributed by atoms with Gasteiger partial charge in [-0.05, 0) is 30.5 Å². The molecule has 1 aromatic carbocycles. The second-order valence-electron chi connectivity index (χ2n) is 6.04. The molecule has 1 spiro atoms. The van der Waals surface area contributed by atoms with Crippen molar-refractivity contribution in [2.45, 2.75) is 24.9 Å². The first-order valence-electron chi connectivity index (χ1n) is 7.43. The summed E-state index contributed by atoms with van der Waals surface area (Å²) in [4.78, 5) is 5.06. The molecular weight excluding hydrogens is 255 g/mol. The van der Waals surface area contributed by atoms with E-state index in [9.17, 15) is 4.39 Å². The molecule has 1 unspecified atom stereocenters. The van der Waals surface area contributed by atoms with Crippen molar-refractivity contribution in [2.24, 2.45) is 0 Å². The molecule has 3 nitrogen and oxygen atoms in total. The maximum Gasteiger partial charge on any atom is 0.123 e. The lowest BCUT2D eigenvalue weighted by Crippen LogP contribution is -2.60. The number of hydrogen-bond donors (Lipinski definition) is 0. The molecule has 1 aromatic rings. The summed E-state index contributed by atoms with van der Waals surface area (Å²) < 4.78 is 18.1. The van der Waals surface area contributed by atoms with E-state index in [0.717, 1.165) is 32.8 Å². The topological polar surface area (TPSA) is 15.7 Å². The van der Waals surface area contributed by atoms with Crippen molar-refractivity contribution in [3.63, 3.8) is 0 Å². The average Bonchev–Trinajstić information content (AvgIpc) is 2.90. The first-order valence-corrected chi connectivity index (χ1v) is 7.43. The molecule has 3 rings (SSSR count). The van der Waals surface area contributed by atoms with Crippen LogP contribution in [-0.2, 0) is 11.3 Å². The van der Waals surface area contributed by atoms with Crippen LogP contribution in [0.25, 0.3) is 0 Å². The lowest BCUT2D eigenvalue weighted by atomic mass is 9.83. The third-order valence-electron chi connectivity index (χ3n) is 4.83. The summed E-state index contributed by atoms with van der Waals surface area (Å²) in [5.74, 6) is -0.154. The summed E-state index contributed by atoms with van der Waals surface area (Å²) in [5, 5.41) is 0. The highest BCUT2D eigenvalue weighted by Crippen LogP contribution is 2.39. The zero-order chi connectivity index (χ0) is 14.0. The molecule has 0 aromatic heterocycles. The zero-order valence-electron chi connectivity index (χ0n) is 12.1. The highest BCUT2D eigenvalue weighted by atomic mass is 19.1. The molecule has 0 saturated carbocycles. The predicted molar refractivity (Wildman–Crippen MR) is 77.1 cm³/mol. The molecule has 2 aliphatic heterocycles. The van der Waals surface area contributed by atoms with Gasteiger partial charge in [-0.15, -0.1) is 0 Å². The van der Waals surface area contributed by atoms with Crippen LogP contribution in [0.3, 0.4) is 0 Å². The van der Waals surface area contributed by atoms with Gasteiger partial charge in [-0.2, -0.15) is 0 Å². The Labute approximate surface area is 120 Å². The van der Waals surface area contributed by atoms with Crippen molar-refractivity contribution in [1.29, 1.82) is 0 Å². The number of ether oxygens (including phenoxy) is 1. The van der Waals surface area contributed by atoms with Gasteiger partial charge >= 0.3 is 0 Å². The van der Waals surface area contributed by atoms with E-state index < -0.39 is 0 Å². The molecule has 2 heterocycles. The Morgan fingerprint density at radius 1 is 1.20 bits per heavy atom. The highest BCUT2D eigenvalue weighted by Gasteiger charge is 2.48. The Balaban J connectivity index is 1.58. The molecule has 0 aliphatic carbocycles. The van der Waals surface area contributed by atoms with Crippen LogP contribution in [0.4, 0.5) is 4.39 Å². The molecule has 0 N–H and O–H groups in total. The highest BCUT2D eigenvalue weighted by molar-refractivity contribution is 5.18. The monoisotopic (exact) mass is 278 g/mol. The summed E-state index contributed by atoms with van der Waals surface area (Å²) in [7, 11) is 1.76. The Morgan fingerprint density at radius 3 is 2.60 bits per heavy atom. The van der Waals surface area contributed by atoms with Gasteiger partial charge in [0.15, 0.2) is 0 Å². The van der Waals surface area contributed by atoms with Gasteiger partial charge in [0, 0.05) is 45.4 Å². The van der Waals surface area contributed by atoms with E-state index >= 15 is 0 Å². The molecule has 4 heteroatoms. The largest absolute Gasteiger partial charge is 0.383 e. The molecule has 0 radical (unpaired) electrons. The number of benzene rings is 1. The molecule has 2 fully saturated rings. The zero-order valence-corrected chi connectivity index (χ0v) is 12.1. The van der Waals surface area contributed by atoms with Crippen LogP contribution in [0.1, 0.15) is 18.4 Å². The van der Waals surface area contributed by atoms with Gasteiger partial charge in [-0.3, -0.25) is 9.80 Å². The Kier molecular flexibility index (Phi) is 4.06. The minimum Gasteiger partial charge on any atom is -0.383 e. The van der Waals surface area contributed by atoms with Crippen LogP contribution >= 0.6 is 0 Å². The molecule has 2 saturated heterocycles. The summed E-state index contributed by atoms with van der Waals surface area (Å²) in [6.45, 7) is 6.27. The Morgan fingerprint density at radius 2 is 1.95 bits per heavy atom. The lowest BCUT2D eigenvalue weighted by molar-refractivity contribution is -0.0152. The summed E-state index contributed by atoms with van der Waals surface area (Å²) in [6, 6.07) is 6.92. The standard InChI is InChI=1S/C16H23FN2O/c1-20-11-10-18-8-6-16(13-18)7-9-19(16)12-14-2-4-15(17)5-3-14/h2-5H,6-13H2,1H3. The molecule has 2 aliphatic rings. The number of nitrogens with zero attached hydrogens (tertiary/aromatic N) is 2. The average molecular weight is 278 g/mol. The van der Waals surface area contributed by atoms with Crippen LogP contribution < -0.4 is 0 Å². The van der Waals surface area contributed by atoms with E-state index in [-0.39, 0.29) is 5.82 Å². The SMILES string of the molecule is COCCN1CCC2(CCN2Cc2ccc(F)cc2)C1. The van der Waals surface area contributed by atoms with E-state index in [1.54, 1.807) is 19.2 Å². The van der Waals surface area contributed by atoms with Crippen LogP contribution in [-0.4, -0.2) is 55.2 Å². The van der Waals surface area contributed by atoms with E-state index in [2.05, 4.69) is 9.80 Å². The van der Waals surface area contributed by atoms with Gasteiger partial charge in [-0.25, -0.2) is 4.39 Å². The van der Waals surface area contributed by atoms with Gasteiger partial charge in [-0.1, -0.05) is 12.1 Å². The third-order valence-corrected chi connectivity index (χ3v) is 4.83. The number of rotatable bonds is 5. The van der Waals surface area contributed by atoms with Crippen molar-refractivity contribution < 1.29 is 9.13 Å². The van der Waals surface area contributed by atoms with Crippen LogP contribution in [0.15, 0.2) is 24.3 Å². The fourth-order valence-corrected chi connectivity index (χ4v) is 3.46. The van der Waals surface area contributed by atoms with Crippen molar-refractivity contribution in [1.82, 2.24) is 9.80 Å². The quantitative estimate of drug-likeness (QED) is 0.820. The van der Waals surface area contributed by atoms with E-state index in [1.165, 1.54) is 24.9 Å². The first kappa shape index (κ1) is 14.0. The first-order chi connectivity index (χ1) is 9.72. The predicted octanol–water partition coefficient (Wildman–Crippen LogP) is 2.12. The maximum atomic E-state index is 13.0. The Bertz CT molecular complexity index is 450. The molecule has 1 atom stereocenters. The van der Waals surface area contributed by atoms with E-state index in [4.69, 9.17) is 4.74 Å². The van der Waals surface area contributed by atoms with E-state index in [1.807, 2.05) is 12.1 Å². The van der Waals surface area contributed by atoms with Crippen molar-refractivity contribution in [3.05, 3.63) is 35.6 Å². The molecule has 0 bridgehead atoms. The fraction of sp³-hybridized carbons (Fsp3) is 0.625. The molecule has 0 amide bonds. The second kappa shape index (κ2) is 5.80. The van der Waals surface area contributed by atoms with Crippen LogP contribution in [0.5, 0.6) is 0 Å². The normalized spacial score (nSPS) is 27.1. The van der Waals surface area contributed by atoms with Crippen LogP contribution in [0.2, 0.25) is 0 Å². The maximum absolute atomic E-state index is 13.0. The van der Waals surface area contributed by atoms with Crippen molar-refractivity contribution in [3.8, 4) is 0 Å². The van der Waals surface area contributed by atoms with Gasteiger partial charge in [0.05, 0.1) is 6.61 Å². The number of methoxy groups -OCH3 is 1. The van der Waals surface area contributed by atoms with Gasteiger partial charge in [0.25, 0.3) is 0 Å². The smallest absolute Gasteiger partial charge is 0.123 e. The summed E-state index contributed by atoms with van der Waals surface area (Å²) in [5.41, 5.74) is 1.57. The minimum absolute atomic E-state index is 0.154. The molecule has 20 heavy (non-hydrogen) atoms. The lowest BCUT2D eigenvalue weighted by Gasteiger charge is -2.51. The number of likely N-dealkylation sites (tertiary alicyclic amines) is 2. The van der Waals surface area contributed by atoms with E-state index in [0.29, 0.717) is 5.54 Å². The van der Waals surface area contributed by atoms with Crippen LogP contribution in [0, 0.1) is 5.82 Å². The summed E-state index contributed by atoms with van der Waals surface area (Å²) in [6.07, 6.45) is 2.54.